The van der Waals surface area contributed by atoms with Gasteiger partial charge in [0.1, 0.15) is 0 Å². The Labute approximate surface area is 166 Å². The Morgan fingerprint density at radius 2 is 1.67 bits per heavy atom. The fourth-order valence-corrected chi connectivity index (χ4v) is 3.25. The van der Waals surface area contributed by atoms with E-state index in [-0.39, 0.29) is 30.8 Å². The van der Waals surface area contributed by atoms with Crippen molar-refractivity contribution in [1.82, 2.24) is 10.6 Å². The van der Waals surface area contributed by atoms with Crippen LogP contribution in [0.4, 0.5) is 0 Å². The predicted octanol–water partition coefficient (Wildman–Crippen LogP) is 1.81. The molecule has 0 aliphatic rings. The van der Waals surface area contributed by atoms with Crippen LogP contribution in [0, 0.1) is 11.8 Å². The number of amides is 2. The zero-order chi connectivity index (χ0) is 20.2. The fraction of sp³-hybridized carbons (Fsp3) is 0.600. The highest BCUT2D eigenvalue weighted by molar-refractivity contribution is 7.99. The molecule has 27 heavy (non-hydrogen) atoms. The highest BCUT2D eigenvalue weighted by Crippen LogP contribution is 2.17. The largest absolute Gasteiger partial charge is 0.390 e. The van der Waals surface area contributed by atoms with E-state index in [2.05, 4.69) is 10.6 Å². The maximum absolute atomic E-state index is 12.0. The van der Waals surface area contributed by atoms with Crippen molar-refractivity contribution in [2.75, 3.05) is 18.8 Å². The molecule has 7 heteroatoms. The van der Waals surface area contributed by atoms with Gasteiger partial charge in [0.2, 0.25) is 11.8 Å². The first-order valence-corrected chi connectivity index (χ1v) is 10.4. The molecule has 152 valence electrons. The average molecular weight is 397 g/mol. The van der Waals surface area contributed by atoms with Crippen molar-refractivity contribution in [1.29, 1.82) is 0 Å². The number of aliphatic hydroxyl groups excluding tert-OH is 2. The van der Waals surface area contributed by atoms with Crippen molar-refractivity contribution < 1.29 is 19.8 Å². The van der Waals surface area contributed by atoms with Crippen LogP contribution in [-0.2, 0) is 9.59 Å². The smallest absolute Gasteiger partial charge is 0.224 e. The summed E-state index contributed by atoms with van der Waals surface area (Å²) in [5, 5.41) is 25.1. The summed E-state index contributed by atoms with van der Waals surface area (Å²) in [6.07, 6.45) is -0.993. The van der Waals surface area contributed by atoms with Crippen LogP contribution in [0.25, 0.3) is 0 Å². The second-order valence-corrected chi connectivity index (χ2v) is 8.29. The number of nitrogens with one attached hydrogen (secondary N) is 2. The van der Waals surface area contributed by atoms with Gasteiger partial charge in [0.05, 0.1) is 18.1 Å². The van der Waals surface area contributed by atoms with E-state index >= 15 is 0 Å². The van der Waals surface area contributed by atoms with Crippen LogP contribution in [-0.4, -0.2) is 53.1 Å². The first kappa shape index (κ1) is 23.5. The third-order valence-corrected chi connectivity index (χ3v) is 5.05. The lowest BCUT2D eigenvalue weighted by atomic mass is 10.0. The molecule has 1 rings (SSSR count). The number of thioether (sulfide) groups is 1. The SMILES string of the molecule is CC(C)C[C@H](O)[C@H](O)CNC(=O)C(C)CNC(=O)CCSc1ccccc1. The molecule has 6 nitrogen and oxygen atoms in total. The van der Waals surface area contributed by atoms with Crippen LogP contribution in [0.5, 0.6) is 0 Å². The van der Waals surface area contributed by atoms with E-state index in [9.17, 15) is 19.8 Å². The number of aliphatic hydroxyl groups is 2. The molecule has 0 bridgehead atoms. The van der Waals surface area contributed by atoms with Crippen molar-refractivity contribution >= 4 is 23.6 Å². The zero-order valence-electron chi connectivity index (χ0n) is 16.4. The van der Waals surface area contributed by atoms with Gasteiger partial charge in [0, 0.05) is 30.2 Å². The molecule has 1 aromatic carbocycles. The van der Waals surface area contributed by atoms with Gasteiger partial charge in [-0.3, -0.25) is 9.59 Å². The summed E-state index contributed by atoms with van der Waals surface area (Å²) in [6, 6.07) is 9.87. The van der Waals surface area contributed by atoms with E-state index in [1.807, 2.05) is 44.2 Å². The van der Waals surface area contributed by atoms with Gasteiger partial charge in [-0.2, -0.15) is 0 Å². The molecule has 0 aromatic heterocycles. The van der Waals surface area contributed by atoms with E-state index in [1.165, 1.54) is 0 Å². The molecule has 0 fully saturated rings. The number of hydrogen-bond acceptors (Lipinski definition) is 5. The maximum atomic E-state index is 12.0. The van der Waals surface area contributed by atoms with Gasteiger partial charge in [-0.1, -0.05) is 39.0 Å². The van der Waals surface area contributed by atoms with Gasteiger partial charge >= 0.3 is 0 Å². The Morgan fingerprint density at radius 1 is 1.00 bits per heavy atom. The summed E-state index contributed by atoms with van der Waals surface area (Å²) in [5.74, 6) is 0.177. The minimum absolute atomic E-state index is 0.00127. The standard InChI is InChI=1S/C20H32N2O4S/c1-14(2)11-17(23)18(24)13-22-20(26)15(3)12-21-19(25)9-10-27-16-7-5-4-6-8-16/h4-8,14-15,17-18,23-24H,9-13H2,1-3H3,(H,21,25)(H,22,26)/t15?,17-,18+/m0/s1. The fourth-order valence-electron chi connectivity index (χ4n) is 2.38. The van der Waals surface area contributed by atoms with Crippen LogP contribution in [0.1, 0.15) is 33.6 Å². The van der Waals surface area contributed by atoms with Crippen molar-refractivity contribution in [2.24, 2.45) is 11.8 Å². The summed E-state index contributed by atoms with van der Waals surface area (Å²) in [7, 11) is 0. The highest BCUT2D eigenvalue weighted by Gasteiger charge is 2.20. The summed E-state index contributed by atoms with van der Waals surface area (Å²) in [5.41, 5.74) is 0. The molecule has 0 heterocycles. The van der Waals surface area contributed by atoms with Crippen LogP contribution in [0.15, 0.2) is 35.2 Å². The normalized spacial score (nSPS) is 14.4. The van der Waals surface area contributed by atoms with E-state index < -0.39 is 18.1 Å². The third-order valence-electron chi connectivity index (χ3n) is 4.04. The Bertz CT molecular complexity index is 568. The van der Waals surface area contributed by atoms with Crippen molar-refractivity contribution in [3.8, 4) is 0 Å². The number of carbonyl (C=O) groups excluding carboxylic acids is 2. The Kier molecular flexibility index (Phi) is 11.1. The number of hydrogen-bond donors (Lipinski definition) is 4. The second kappa shape index (κ2) is 12.8. The number of benzene rings is 1. The van der Waals surface area contributed by atoms with Crippen LogP contribution < -0.4 is 10.6 Å². The topological polar surface area (TPSA) is 98.7 Å². The summed E-state index contributed by atoms with van der Waals surface area (Å²) in [6.45, 7) is 5.87. The summed E-state index contributed by atoms with van der Waals surface area (Å²) < 4.78 is 0. The van der Waals surface area contributed by atoms with Crippen molar-refractivity contribution in [3.05, 3.63) is 30.3 Å². The molecule has 2 amide bonds. The van der Waals surface area contributed by atoms with Crippen LogP contribution in [0.2, 0.25) is 0 Å². The van der Waals surface area contributed by atoms with Gasteiger partial charge in [-0.05, 0) is 24.5 Å². The molecule has 0 spiro atoms. The van der Waals surface area contributed by atoms with E-state index in [0.29, 0.717) is 18.6 Å². The monoisotopic (exact) mass is 396 g/mol. The lowest BCUT2D eigenvalue weighted by molar-refractivity contribution is -0.126. The summed E-state index contributed by atoms with van der Waals surface area (Å²) in [4.78, 5) is 25.1. The molecule has 4 N–H and O–H groups in total. The lowest BCUT2D eigenvalue weighted by Crippen LogP contribution is -2.43. The zero-order valence-corrected chi connectivity index (χ0v) is 17.2. The Morgan fingerprint density at radius 3 is 2.30 bits per heavy atom. The third kappa shape index (κ3) is 10.4. The van der Waals surface area contributed by atoms with Crippen molar-refractivity contribution in [2.45, 2.75) is 50.7 Å². The minimum atomic E-state index is -0.992. The highest BCUT2D eigenvalue weighted by atomic mass is 32.2. The number of rotatable bonds is 12. The van der Waals surface area contributed by atoms with Gasteiger partial charge < -0.3 is 20.8 Å². The molecule has 0 aliphatic carbocycles. The first-order valence-electron chi connectivity index (χ1n) is 9.38. The van der Waals surface area contributed by atoms with Gasteiger partial charge in [0.25, 0.3) is 0 Å². The van der Waals surface area contributed by atoms with Gasteiger partial charge in [-0.25, -0.2) is 0 Å². The lowest BCUT2D eigenvalue weighted by Gasteiger charge is -2.21. The molecule has 0 aliphatic heterocycles. The molecule has 1 aromatic rings. The van der Waals surface area contributed by atoms with Crippen LogP contribution >= 0.6 is 11.8 Å². The average Bonchev–Trinajstić information content (AvgIpc) is 2.64. The number of carbonyl (C=O) groups is 2. The first-order chi connectivity index (χ1) is 12.8. The molecule has 0 saturated carbocycles. The van der Waals surface area contributed by atoms with Gasteiger partial charge in [0.15, 0.2) is 0 Å². The molecule has 3 atom stereocenters. The maximum Gasteiger partial charge on any atom is 0.224 e. The van der Waals surface area contributed by atoms with E-state index in [0.717, 1.165) is 4.90 Å². The molecular weight excluding hydrogens is 364 g/mol. The quantitative estimate of drug-likeness (QED) is 0.404. The molecule has 0 saturated heterocycles. The molecular formula is C20H32N2O4S. The summed E-state index contributed by atoms with van der Waals surface area (Å²) >= 11 is 1.62. The van der Waals surface area contributed by atoms with Crippen LogP contribution in [0.3, 0.4) is 0 Å². The minimum Gasteiger partial charge on any atom is -0.390 e. The second-order valence-electron chi connectivity index (χ2n) is 7.13. The molecule has 0 radical (unpaired) electrons. The predicted molar refractivity (Wildman–Crippen MR) is 108 cm³/mol. The van der Waals surface area contributed by atoms with Crippen molar-refractivity contribution in [3.63, 3.8) is 0 Å². The van der Waals surface area contributed by atoms with Gasteiger partial charge in [-0.15, -0.1) is 11.8 Å². The Balaban J connectivity index is 2.19. The van der Waals surface area contributed by atoms with E-state index in [4.69, 9.17) is 0 Å². The molecule has 1 unspecified atom stereocenters. The Hall–Kier alpha value is -1.57. The van der Waals surface area contributed by atoms with E-state index in [1.54, 1.807) is 18.7 Å².